The fourth-order valence-electron chi connectivity index (χ4n) is 4.14. The van der Waals surface area contributed by atoms with E-state index >= 15 is 0 Å². The fraction of sp³-hybridized carbons (Fsp3) is 0.200. The molecule has 0 N–H and O–H groups in total. The summed E-state index contributed by atoms with van der Waals surface area (Å²) < 4.78 is 10.8. The molecule has 0 radical (unpaired) electrons. The molecular weight excluding hydrogens is 332 g/mol. The van der Waals surface area contributed by atoms with E-state index in [1.807, 2.05) is 12.1 Å². The summed E-state index contributed by atoms with van der Waals surface area (Å²) in [4.78, 5) is 0. The van der Waals surface area contributed by atoms with Crippen LogP contribution in [0.15, 0.2) is 72.8 Å². The maximum Gasteiger partial charge on any atom is 0.119 e. The van der Waals surface area contributed by atoms with E-state index < -0.39 is 0 Å². The van der Waals surface area contributed by atoms with E-state index in [0.29, 0.717) is 0 Å². The molecular formula is C25H24O2. The van der Waals surface area contributed by atoms with Gasteiger partial charge in [0, 0.05) is 5.41 Å². The molecule has 0 amide bonds. The van der Waals surface area contributed by atoms with Crippen molar-refractivity contribution < 1.29 is 9.47 Å². The third kappa shape index (κ3) is 3.02. The standard InChI is InChI=1S/C25H24O2/c1-18-16-23(27-3)12-13-24(18)25(21-8-10-22(26-2)11-9-21)15-14-19-6-4-5-7-20(19)17-25/h4-16H,17H2,1-3H3. The molecule has 4 rings (SSSR count). The van der Waals surface area contributed by atoms with Gasteiger partial charge in [-0.3, -0.25) is 0 Å². The Morgan fingerprint density at radius 1 is 0.815 bits per heavy atom. The lowest BCUT2D eigenvalue weighted by Gasteiger charge is -2.37. The molecule has 0 heterocycles. The molecule has 1 atom stereocenters. The van der Waals surface area contributed by atoms with Crippen molar-refractivity contribution in [3.8, 4) is 11.5 Å². The molecule has 27 heavy (non-hydrogen) atoms. The Morgan fingerprint density at radius 3 is 2.22 bits per heavy atom. The first-order valence-corrected chi connectivity index (χ1v) is 9.23. The van der Waals surface area contributed by atoms with Gasteiger partial charge < -0.3 is 9.47 Å². The number of fused-ring (bicyclic) bond motifs is 1. The number of benzene rings is 3. The largest absolute Gasteiger partial charge is 0.497 e. The molecule has 0 saturated carbocycles. The van der Waals surface area contributed by atoms with Crippen LogP contribution in [-0.4, -0.2) is 14.2 Å². The van der Waals surface area contributed by atoms with Gasteiger partial charge in [-0.1, -0.05) is 54.6 Å². The van der Waals surface area contributed by atoms with Crippen molar-refractivity contribution in [1.82, 2.24) is 0 Å². The van der Waals surface area contributed by atoms with Gasteiger partial charge in [-0.05, 0) is 65.4 Å². The van der Waals surface area contributed by atoms with Gasteiger partial charge in [0.05, 0.1) is 14.2 Å². The van der Waals surface area contributed by atoms with Crippen molar-refractivity contribution in [1.29, 1.82) is 0 Å². The van der Waals surface area contributed by atoms with Crippen LogP contribution in [0.5, 0.6) is 11.5 Å². The van der Waals surface area contributed by atoms with Crippen LogP contribution in [0.25, 0.3) is 6.08 Å². The Morgan fingerprint density at radius 2 is 1.52 bits per heavy atom. The first kappa shape index (κ1) is 17.4. The van der Waals surface area contributed by atoms with E-state index in [1.165, 1.54) is 27.8 Å². The number of ether oxygens (including phenoxy) is 2. The molecule has 1 unspecified atom stereocenters. The summed E-state index contributed by atoms with van der Waals surface area (Å²) in [6, 6.07) is 23.5. The SMILES string of the molecule is COc1ccc(C2(c3ccc(OC)cc3C)C=Cc3ccccc3C2)cc1. The highest BCUT2D eigenvalue weighted by atomic mass is 16.5. The Kier molecular flexibility index (Phi) is 4.49. The summed E-state index contributed by atoms with van der Waals surface area (Å²) in [5.74, 6) is 1.77. The zero-order valence-electron chi connectivity index (χ0n) is 16.0. The van der Waals surface area contributed by atoms with Crippen LogP contribution in [0.3, 0.4) is 0 Å². The Bertz CT molecular complexity index is 985. The van der Waals surface area contributed by atoms with Gasteiger partial charge >= 0.3 is 0 Å². The molecule has 0 aliphatic heterocycles. The van der Waals surface area contributed by atoms with Crippen LogP contribution in [-0.2, 0) is 11.8 Å². The van der Waals surface area contributed by atoms with Gasteiger partial charge in [-0.2, -0.15) is 0 Å². The van der Waals surface area contributed by atoms with Gasteiger partial charge in [0.1, 0.15) is 11.5 Å². The minimum atomic E-state index is -0.211. The molecule has 2 heteroatoms. The average Bonchev–Trinajstić information content (AvgIpc) is 2.73. The molecule has 0 fully saturated rings. The molecule has 2 nitrogen and oxygen atoms in total. The topological polar surface area (TPSA) is 18.5 Å². The lowest BCUT2D eigenvalue weighted by molar-refractivity contribution is 0.413. The second-order valence-corrected chi connectivity index (χ2v) is 7.09. The predicted octanol–water partition coefficient (Wildman–Crippen LogP) is 5.57. The van der Waals surface area contributed by atoms with Gasteiger partial charge in [0.2, 0.25) is 0 Å². The fourth-order valence-corrected chi connectivity index (χ4v) is 4.14. The predicted molar refractivity (Wildman–Crippen MR) is 111 cm³/mol. The summed E-state index contributed by atoms with van der Waals surface area (Å²) in [7, 11) is 3.42. The molecule has 136 valence electrons. The third-order valence-electron chi connectivity index (χ3n) is 5.59. The molecule has 1 aliphatic carbocycles. The summed E-state index contributed by atoms with van der Waals surface area (Å²) in [5, 5.41) is 0. The molecule has 0 spiro atoms. The van der Waals surface area contributed by atoms with Crippen LogP contribution in [0.4, 0.5) is 0 Å². The maximum atomic E-state index is 5.43. The number of allylic oxidation sites excluding steroid dienone is 1. The van der Waals surface area contributed by atoms with Crippen molar-refractivity contribution in [3.63, 3.8) is 0 Å². The molecule has 0 aromatic heterocycles. The number of rotatable bonds is 4. The second kappa shape index (κ2) is 6.96. The highest BCUT2D eigenvalue weighted by molar-refractivity contribution is 5.65. The van der Waals surface area contributed by atoms with Crippen molar-refractivity contribution in [2.75, 3.05) is 14.2 Å². The van der Waals surface area contributed by atoms with Crippen LogP contribution in [0, 0.1) is 6.92 Å². The maximum absolute atomic E-state index is 5.43. The quantitative estimate of drug-likeness (QED) is 0.608. The van der Waals surface area contributed by atoms with Crippen molar-refractivity contribution in [2.24, 2.45) is 0 Å². The second-order valence-electron chi connectivity index (χ2n) is 7.09. The zero-order chi connectivity index (χ0) is 18.9. The summed E-state index contributed by atoms with van der Waals surface area (Å²) in [6.45, 7) is 2.16. The van der Waals surface area contributed by atoms with Crippen molar-refractivity contribution >= 4 is 6.08 Å². The minimum absolute atomic E-state index is 0.211. The van der Waals surface area contributed by atoms with E-state index in [0.717, 1.165) is 17.9 Å². The average molecular weight is 356 g/mol. The summed E-state index contributed by atoms with van der Waals surface area (Å²) in [5.41, 5.74) is 6.26. The summed E-state index contributed by atoms with van der Waals surface area (Å²) in [6.07, 6.45) is 5.54. The number of hydrogen-bond donors (Lipinski definition) is 0. The van der Waals surface area contributed by atoms with Crippen LogP contribution in [0.2, 0.25) is 0 Å². The van der Waals surface area contributed by atoms with Gasteiger partial charge in [0.15, 0.2) is 0 Å². The minimum Gasteiger partial charge on any atom is -0.497 e. The first-order chi connectivity index (χ1) is 13.2. The highest BCUT2D eigenvalue weighted by Gasteiger charge is 2.36. The molecule has 0 bridgehead atoms. The molecule has 3 aromatic rings. The normalized spacial score (nSPS) is 18.0. The number of hydrogen-bond acceptors (Lipinski definition) is 2. The van der Waals surface area contributed by atoms with E-state index in [2.05, 4.69) is 73.7 Å². The third-order valence-corrected chi connectivity index (χ3v) is 5.59. The van der Waals surface area contributed by atoms with Crippen LogP contribution >= 0.6 is 0 Å². The van der Waals surface area contributed by atoms with E-state index in [4.69, 9.17) is 9.47 Å². The molecule has 3 aromatic carbocycles. The van der Waals surface area contributed by atoms with Gasteiger partial charge in [0.25, 0.3) is 0 Å². The van der Waals surface area contributed by atoms with Crippen molar-refractivity contribution in [2.45, 2.75) is 18.8 Å². The highest BCUT2D eigenvalue weighted by Crippen LogP contribution is 2.43. The number of aryl methyl sites for hydroxylation is 1. The smallest absolute Gasteiger partial charge is 0.119 e. The zero-order valence-corrected chi connectivity index (χ0v) is 16.0. The molecule has 1 aliphatic rings. The van der Waals surface area contributed by atoms with E-state index in [-0.39, 0.29) is 5.41 Å². The lowest BCUT2D eigenvalue weighted by atomic mass is 9.66. The van der Waals surface area contributed by atoms with Gasteiger partial charge in [-0.25, -0.2) is 0 Å². The summed E-state index contributed by atoms with van der Waals surface area (Å²) >= 11 is 0. The lowest BCUT2D eigenvalue weighted by Crippen LogP contribution is -2.31. The van der Waals surface area contributed by atoms with Crippen LogP contribution < -0.4 is 9.47 Å². The molecule has 0 saturated heterocycles. The van der Waals surface area contributed by atoms with Crippen molar-refractivity contribution in [3.05, 3.63) is 101 Å². The first-order valence-electron chi connectivity index (χ1n) is 9.23. The van der Waals surface area contributed by atoms with E-state index in [9.17, 15) is 0 Å². The van der Waals surface area contributed by atoms with E-state index in [1.54, 1.807) is 14.2 Å². The Hall–Kier alpha value is -3.00. The Balaban J connectivity index is 1.91. The Labute approximate surface area is 161 Å². The van der Waals surface area contributed by atoms with Gasteiger partial charge in [-0.15, -0.1) is 0 Å². The number of methoxy groups -OCH3 is 2. The van der Waals surface area contributed by atoms with Crippen LogP contribution in [0.1, 0.15) is 27.8 Å². The monoisotopic (exact) mass is 356 g/mol.